The lowest BCUT2D eigenvalue weighted by atomic mass is 9.98. The Bertz CT molecular complexity index is 113. The molecule has 1 fully saturated rings. The first-order valence-corrected chi connectivity index (χ1v) is 5.98. The molecule has 1 N–H and O–H groups in total. The van der Waals surface area contributed by atoms with Crippen LogP contribution in [0.5, 0.6) is 0 Å². The van der Waals surface area contributed by atoms with Crippen molar-refractivity contribution in [2.75, 3.05) is 25.2 Å². The zero-order valence-electron chi connectivity index (χ0n) is 7.66. The molecule has 0 aromatic heterocycles. The van der Waals surface area contributed by atoms with Crippen molar-refractivity contribution in [3.63, 3.8) is 0 Å². The summed E-state index contributed by atoms with van der Waals surface area (Å²) in [7, 11) is 0. The second-order valence-corrected chi connectivity index (χ2v) is 4.31. The van der Waals surface area contributed by atoms with Crippen molar-refractivity contribution in [2.45, 2.75) is 25.4 Å². The molecule has 1 aliphatic heterocycles. The molecule has 2 unspecified atom stereocenters. The summed E-state index contributed by atoms with van der Waals surface area (Å²) in [6.45, 7) is 1.60. The van der Waals surface area contributed by atoms with Gasteiger partial charge in [-0.3, -0.25) is 0 Å². The molecule has 2 nitrogen and oxygen atoms in total. The summed E-state index contributed by atoms with van der Waals surface area (Å²) in [6, 6.07) is 0. The first kappa shape index (κ1) is 10.4. The second kappa shape index (κ2) is 5.84. The van der Waals surface area contributed by atoms with Gasteiger partial charge in [-0.25, -0.2) is 0 Å². The Morgan fingerprint density at radius 2 is 2.50 bits per heavy atom. The first-order valence-electron chi connectivity index (χ1n) is 4.59. The molecular weight excluding hydrogens is 172 g/mol. The monoisotopic (exact) mass is 190 g/mol. The van der Waals surface area contributed by atoms with E-state index in [-0.39, 0.29) is 6.10 Å². The molecule has 1 aliphatic rings. The van der Waals surface area contributed by atoms with E-state index in [4.69, 9.17) is 4.74 Å². The molecule has 1 heterocycles. The topological polar surface area (TPSA) is 29.5 Å². The summed E-state index contributed by atoms with van der Waals surface area (Å²) in [5.74, 6) is 1.57. The maximum absolute atomic E-state index is 9.69. The van der Waals surface area contributed by atoms with Crippen molar-refractivity contribution in [1.82, 2.24) is 0 Å². The average molecular weight is 190 g/mol. The van der Waals surface area contributed by atoms with E-state index >= 15 is 0 Å². The first-order chi connectivity index (χ1) is 5.84. The van der Waals surface area contributed by atoms with Gasteiger partial charge in [-0.05, 0) is 31.3 Å². The predicted octanol–water partition coefficient (Wildman–Crippen LogP) is 1.53. The molecule has 3 heteroatoms. The lowest BCUT2D eigenvalue weighted by molar-refractivity contribution is 0.0845. The third-order valence-corrected chi connectivity index (χ3v) is 3.05. The number of hydrogen-bond donors (Lipinski definition) is 1. The van der Waals surface area contributed by atoms with Crippen LogP contribution in [-0.4, -0.2) is 36.4 Å². The fraction of sp³-hybridized carbons (Fsp3) is 1.00. The lowest BCUT2D eigenvalue weighted by Crippen LogP contribution is -2.20. The Kier molecular flexibility index (Phi) is 5.04. The minimum Gasteiger partial charge on any atom is -0.393 e. The SMILES string of the molecule is CSCCCC(O)C1CCOC1. The van der Waals surface area contributed by atoms with E-state index in [0.717, 1.165) is 38.2 Å². The molecule has 2 atom stereocenters. The molecule has 0 spiro atoms. The zero-order valence-corrected chi connectivity index (χ0v) is 8.48. The maximum Gasteiger partial charge on any atom is 0.0591 e. The third kappa shape index (κ3) is 3.33. The highest BCUT2D eigenvalue weighted by atomic mass is 32.2. The molecule has 0 aliphatic carbocycles. The molecule has 0 saturated carbocycles. The van der Waals surface area contributed by atoms with Crippen LogP contribution in [0, 0.1) is 5.92 Å². The van der Waals surface area contributed by atoms with Crippen LogP contribution in [0.4, 0.5) is 0 Å². The number of aliphatic hydroxyl groups excluding tert-OH is 1. The minimum atomic E-state index is -0.125. The molecule has 1 rings (SSSR count). The van der Waals surface area contributed by atoms with Crippen molar-refractivity contribution in [3.05, 3.63) is 0 Å². The van der Waals surface area contributed by atoms with Crippen LogP contribution < -0.4 is 0 Å². The Labute approximate surface area is 78.7 Å². The van der Waals surface area contributed by atoms with E-state index in [1.165, 1.54) is 0 Å². The highest BCUT2D eigenvalue weighted by Gasteiger charge is 2.23. The second-order valence-electron chi connectivity index (χ2n) is 3.33. The van der Waals surface area contributed by atoms with Crippen LogP contribution in [0.2, 0.25) is 0 Å². The Morgan fingerprint density at radius 3 is 3.08 bits per heavy atom. The summed E-state index contributed by atoms with van der Waals surface area (Å²) < 4.78 is 5.22. The molecule has 0 bridgehead atoms. The highest BCUT2D eigenvalue weighted by Crippen LogP contribution is 2.20. The molecule has 72 valence electrons. The number of thioether (sulfide) groups is 1. The van der Waals surface area contributed by atoms with Gasteiger partial charge in [0.2, 0.25) is 0 Å². The van der Waals surface area contributed by atoms with Gasteiger partial charge in [0.15, 0.2) is 0 Å². The van der Waals surface area contributed by atoms with E-state index in [2.05, 4.69) is 6.26 Å². The van der Waals surface area contributed by atoms with Gasteiger partial charge in [0, 0.05) is 12.5 Å². The average Bonchev–Trinajstić information content (AvgIpc) is 2.56. The Morgan fingerprint density at radius 1 is 1.67 bits per heavy atom. The molecule has 0 aromatic carbocycles. The van der Waals surface area contributed by atoms with Crippen molar-refractivity contribution in [3.8, 4) is 0 Å². The van der Waals surface area contributed by atoms with Crippen molar-refractivity contribution >= 4 is 11.8 Å². The fourth-order valence-corrected chi connectivity index (χ4v) is 1.98. The van der Waals surface area contributed by atoms with Gasteiger partial charge in [-0.15, -0.1) is 0 Å². The molecule has 1 saturated heterocycles. The quantitative estimate of drug-likeness (QED) is 0.667. The third-order valence-electron chi connectivity index (χ3n) is 2.36. The number of hydrogen-bond acceptors (Lipinski definition) is 3. The molecular formula is C9H18O2S. The molecule has 12 heavy (non-hydrogen) atoms. The zero-order chi connectivity index (χ0) is 8.81. The van der Waals surface area contributed by atoms with Crippen LogP contribution in [-0.2, 0) is 4.74 Å². The number of aliphatic hydroxyl groups is 1. The standard InChI is InChI=1S/C9H18O2S/c1-12-6-2-3-9(10)8-4-5-11-7-8/h8-10H,2-7H2,1H3. The summed E-state index contributed by atoms with van der Waals surface area (Å²) in [4.78, 5) is 0. The fourth-order valence-electron chi connectivity index (χ4n) is 1.53. The normalized spacial score (nSPS) is 26.0. The summed E-state index contributed by atoms with van der Waals surface area (Å²) in [5.41, 5.74) is 0. The predicted molar refractivity (Wildman–Crippen MR) is 52.5 cm³/mol. The summed E-state index contributed by atoms with van der Waals surface area (Å²) >= 11 is 1.84. The van der Waals surface area contributed by atoms with Crippen molar-refractivity contribution in [1.29, 1.82) is 0 Å². The Hall–Kier alpha value is 0.270. The van der Waals surface area contributed by atoms with E-state index < -0.39 is 0 Å². The summed E-state index contributed by atoms with van der Waals surface area (Å²) in [6.07, 6.45) is 5.08. The Balaban J connectivity index is 2.05. The number of ether oxygens (including phenoxy) is 1. The van der Waals surface area contributed by atoms with Gasteiger partial charge >= 0.3 is 0 Å². The van der Waals surface area contributed by atoms with Crippen LogP contribution >= 0.6 is 11.8 Å². The van der Waals surface area contributed by atoms with Crippen molar-refractivity contribution in [2.24, 2.45) is 5.92 Å². The van der Waals surface area contributed by atoms with Gasteiger partial charge in [-0.2, -0.15) is 11.8 Å². The summed E-state index contributed by atoms with van der Waals surface area (Å²) in [5, 5.41) is 9.69. The van der Waals surface area contributed by atoms with Gasteiger partial charge in [0.05, 0.1) is 12.7 Å². The molecule has 0 radical (unpaired) electrons. The van der Waals surface area contributed by atoms with Crippen LogP contribution in [0.3, 0.4) is 0 Å². The largest absolute Gasteiger partial charge is 0.393 e. The minimum absolute atomic E-state index is 0.125. The van der Waals surface area contributed by atoms with Crippen LogP contribution in [0.25, 0.3) is 0 Å². The van der Waals surface area contributed by atoms with Crippen LogP contribution in [0.15, 0.2) is 0 Å². The van der Waals surface area contributed by atoms with Gasteiger partial charge in [0.1, 0.15) is 0 Å². The lowest BCUT2D eigenvalue weighted by Gasteiger charge is -2.15. The van der Waals surface area contributed by atoms with Gasteiger partial charge < -0.3 is 9.84 Å². The van der Waals surface area contributed by atoms with E-state index in [0.29, 0.717) is 5.92 Å². The molecule has 0 aromatic rings. The highest BCUT2D eigenvalue weighted by molar-refractivity contribution is 7.98. The maximum atomic E-state index is 9.69. The molecule has 0 amide bonds. The van der Waals surface area contributed by atoms with Crippen LogP contribution in [0.1, 0.15) is 19.3 Å². The van der Waals surface area contributed by atoms with E-state index in [9.17, 15) is 5.11 Å². The van der Waals surface area contributed by atoms with Crippen molar-refractivity contribution < 1.29 is 9.84 Å². The van der Waals surface area contributed by atoms with Gasteiger partial charge in [-0.1, -0.05) is 0 Å². The number of rotatable bonds is 5. The smallest absolute Gasteiger partial charge is 0.0591 e. The van der Waals surface area contributed by atoms with E-state index in [1.54, 1.807) is 0 Å². The van der Waals surface area contributed by atoms with E-state index in [1.807, 2.05) is 11.8 Å². The van der Waals surface area contributed by atoms with Gasteiger partial charge in [0.25, 0.3) is 0 Å².